The molecule has 6 nitrogen and oxygen atoms in total. The third kappa shape index (κ3) is 5.06. The second kappa shape index (κ2) is 8.98. The molecule has 0 saturated heterocycles. The fourth-order valence-corrected chi connectivity index (χ4v) is 4.00. The van der Waals surface area contributed by atoms with Crippen molar-refractivity contribution in [2.75, 3.05) is 18.2 Å². The molecule has 0 spiro atoms. The first-order chi connectivity index (χ1) is 13.1. The van der Waals surface area contributed by atoms with Gasteiger partial charge in [0.1, 0.15) is 5.75 Å². The third-order valence-corrected chi connectivity index (χ3v) is 5.77. The molecule has 3 aromatic rings. The van der Waals surface area contributed by atoms with Gasteiger partial charge in [-0.2, -0.15) is 0 Å². The number of ketones is 1. The van der Waals surface area contributed by atoms with Crippen molar-refractivity contribution in [3.05, 3.63) is 64.7 Å². The number of hydrogen-bond donors (Lipinski definition) is 1. The molecule has 27 heavy (non-hydrogen) atoms. The molecule has 1 N–H and O–H groups in total. The number of ether oxygens (including phenoxy) is 1. The zero-order valence-electron chi connectivity index (χ0n) is 14.1. The minimum absolute atomic E-state index is 0.0456. The Morgan fingerprint density at radius 3 is 2.78 bits per heavy atom. The van der Waals surface area contributed by atoms with Gasteiger partial charge in [-0.1, -0.05) is 59.0 Å². The summed E-state index contributed by atoms with van der Waals surface area (Å²) >= 11 is 8.47. The van der Waals surface area contributed by atoms with Crippen molar-refractivity contribution in [3.8, 4) is 5.75 Å². The van der Waals surface area contributed by atoms with E-state index in [0.717, 1.165) is 0 Å². The number of Topliss-reactive ketones (excluding diaryl/α,β-unsaturated/α-hetero) is 1. The second-order valence-electron chi connectivity index (χ2n) is 5.25. The largest absolute Gasteiger partial charge is 0.497 e. The highest BCUT2D eigenvalue weighted by Crippen LogP contribution is 2.27. The maximum absolute atomic E-state index is 12.3. The van der Waals surface area contributed by atoms with E-state index >= 15 is 0 Å². The zero-order valence-corrected chi connectivity index (χ0v) is 16.5. The van der Waals surface area contributed by atoms with E-state index in [1.807, 2.05) is 0 Å². The molecule has 3 rings (SSSR count). The second-order valence-corrected chi connectivity index (χ2v) is 7.86. The van der Waals surface area contributed by atoms with Crippen molar-refractivity contribution >= 4 is 51.5 Å². The smallest absolute Gasteiger partial charge is 0.259 e. The Morgan fingerprint density at radius 2 is 2.00 bits per heavy atom. The Labute approximate surface area is 168 Å². The summed E-state index contributed by atoms with van der Waals surface area (Å²) in [6.07, 6.45) is 0. The summed E-state index contributed by atoms with van der Waals surface area (Å²) in [5, 5.41) is 11.3. The molecule has 0 fully saturated rings. The van der Waals surface area contributed by atoms with E-state index in [9.17, 15) is 9.59 Å². The predicted molar refractivity (Wildman–Crippen MR) is 107 cm³/mol. The fraction of sp³-hybridized carbons (Fsp3) is 0.111. The number of rotatable bonds is 7. The van der Waals surface area contributed by atoms with Crippen molar-refractivity contribution in [2.45, 2.75) is 4.34 Å². The van der Waals surface area contributed by atoms with E-state index in [1.54, 1.807) is 55.6 Å². The Bertz CT molecular complexity index is 978. The van der Waals surface area contributed by atoms with Crippen LogP contribution in [-0.2, 0) is 0 Å². The van der Waals surface area contributed by atoms with Gasteiger partial charge in [-0.3, -0.25) is 14.9 Å². The first-order valence-corrected chi connectivity index (χ1v) is 9.94. The number of aromatic nitrogens is 2. The highest BCUT2D eigenvalue weighted by molar-refractivity contribution is 8.01. The Kier molecular flexibility index (Phi) is 6.44. The zero-order chi connectivity index (χ0) is 19.2. The van der Waals surface area contributed by atoms with Crippen molar-refractivity contribution in [2.24, 2.45) is 0 Å². The first-order valence-electron chi connectivity index (χ1n) is 7.76. The number of carbonyl (C=O) groups is 2. The van der Waals surface area contributed by atoms with Gasteiger partial charge in [-0.05, 0) is 24.3 Å². The SMILES string of the molecule is COc1cccc(C(=O)CSc2nnc(NC(=O)c3ccccc3Cl)s2)c1. The van der Waals surface area contributed by atoms with Crippen LogP contribution < -0.4 is 10.1 Å². The van der Waals surface area contributed by atoms with Gasteiger partial charge in [0.15, 0.2) is 10.1 Å². The normalized spacial score (nSPS) is 10.4. The van der Waals surface area contributed by atoms with E-state index in [-0.39, 0.29) is 17.4 Å². The summed E-state index contributed by atoms with van der Waals surface area (Å²) in [5.74, 6) is 0.433. The number of anilines is 1. The summed E-state index contributed by atoms with van der Waals surface area (Å²) < 4.78 is 5.71. The first kappa shape index (κ1) is 19.3. The van der Waals surface area contributed by atoms with Crippen molar-refractivity contribution in [1.29, 1.82) is 0 Å². The van der Waals surface area contributed by atoms with Gasteiger partial charge in [0.05, 0.1) is 23.4 Å². The molecule has 9 heteroatoms. The van der Waals surface area contributed by atoms with Crippen molar-refractivity contribution in [1.82, 2.24) is 10.2 Å². The number of nitrogens with zero attached hydrogens (tertiary/aromatic N) is 2. The van der Waals surface area contributed by atoms with Gasteiger partial charge in [-0.25, -0.2) is 0 Å². The predicted octanol–water partition coefficient (Wildman–Crippen LogP) is 4.43. The Balaban J connectivity index is 1.58. The monoisotopic (exact) mass is 419 g/mol. The standard InChI is InChI=1S/C18H14ClN3O3S2/c1-25-12-6-4-5-11(9-12)15(23)10-26-18-22-21-17(27-18)20-16(24)13-7-2-3-8-14(13)19/h2-9H,10H2,1H3,(H,20,21,24). The van der Waals surface area contributed by atoms with Crippen LogP contribution in [0, 0.1) is 0 Å². The Morgan fingerprint density at radius 1 is 1.19 bits per heavy atom. The summed E-state index contributed by atoms with van der Waals surface area (Å²) in [6, 6.07) is 13.7. The fourth-order valence-electron chi connectivity index (χ4n) is 2.14. The molecular weight excluding hydrogens is 406 g/mol. The van der Waals surface area contributed by atoms with Crippen LogP contribution in [0.15, 0.2) is 52.9 Å². The minimum atomic E-state index is -0.360. The molecule has 0 radical (unpaired) electrons. The van der Waals surface area contributed by atoms with E-state index in [1.165, 1.54) is 23.1 Å². The summed E-state index contributed by atoms with van der Waals surface area (Å²) in [7, 11) is 1.55. The number of amides is 1. The lowest BCUT2D eigenvalue weighted by molar-refractivity contribution is 0.101. The van der Waals surface area contributed by atoms with Gasteiger partial charge in [0, 0.05) is 5.56 Å². The number of hydrogen-bond acceptors (Lipinski definition) is 7. The lowest BCUT2D eigenvalue weighted by Gasteiger charge is -2.03. The Hall–Kier alpha value is -2.42. The molecule has 0 saturated carbocycles. The number of thioether (sulfide) groups is 1. The highest BCUT2D eigenvalue weighted by atomic mass is 35.5. The van der Waals surface area contributed by atoms with Gasteiger partial charge in [0.2, 0.25) is 5.13 Å². The number of halogens is 1. The molecule has 0 aliphatic rings. The lowest BCUT2D eigenvalue weighted by Crippen LogP contribution is -2.12. The maximum Gasteiger partial charge on any atom is 0.259 e. The van der Waals surface area contributed by atoms with Crippen LogP contribution in [0.1, 0.15) is 20.7 Å². The van der Waals surface area contributed by atoms with Gasteiger partial charge < -0.3 is 4.74 Å². The molecule has 2 aromatic carbocycles. The average Bonchev–Trinajstić information content (AvgIpc) is 3.13. The van der Waals surface area contributed by atoms with Crippen LogP contribution in [0.5, 0.6) is 5.75 Å². The number of carbonyl (C=O) groups excluding carboxylic acids is 2. The van der Waals surface area contributed by atoms with E-state index in [0.29, 0.717) is 31.4 Å². The van der Waals surface area contributed by atoms with Crippen LogP contribution in [0.25, 0.3) is 0 Å². The highest BCUT2D eigenvalue weighted by Gasteiger charge is 2.14. The molecule has 0 bridgehead atoms. The molecule has 0 aliphatic carbocycles. The molecular formula is C18H14ClN3O3S2. The van der Waals surface area contributed by atoms with Gasteiger partial charge >= 0.3 is 0 Å². The van der Waals surface area contributed by atoms with Crippen LogP contribution in [0.4, 0.5) is 5.13 Å². The number of methoxy groups -OCH3 is 1. The van der Waals surface area contributed by atoms with E-state index in [4.69, 9.17) is 16.3 Å². The lowest BCUT2D eigenvalue weighted by atomic mass is 10.1. The quantitative estimate of drug-likeness (QED) is 0.346. The minimum Gasteiger partial charge on any atom is -0.497 e. The molecule has 0 unspecified atom stereocenters. The molecule has 1 aromatic heterocycles. The average molecular weight is 420 g/mol. The maximum atomic E-state index is 12.3. The van der Waals surface area contributed by atoms with Crippen LogP contribution in [0.2, 0.25) is 5.02 Å². The molecule has 1 heterocycles. The number of nitrogens with one attached hydrogen (secondary N) is 1. The van der Waals surface area contributed by atoms with Crippen molar-refractivity contribution < 1.29 is 14.3 Å². The summed E-state index contributed by atoms with van der Waals surface area (Å²) in [4.78, 5) is 24.5. The van der Waals surface area contributed by atoms with E-state index < -0.39 is 0 Å². The van der Waals surface area contributed by atoms with Crippen LogP contribution >= 0.6 is 34.7 Å². The van der Waals surface area contributed by atoms with Crippen LogP contribution in [0.3, 0.4) is 0 Å². The third-order valence-electron chi connectivity index (χ3n) is 3.46. The number of benzene rings is 2. The topological polar surface area (TPSA) is 81.2 Å². The molecule has 1 amide bonds. The van der Waals surface area contributed by atoms with Crippen molar-refractivity contribution in [3.63, 3.8) is 0 Å². The summed E-state index contributed by atoms with van der Waals surface area (Å²) in [6.45, 7) is 0. The van der Waals surface area contributed by atoms with E-state index in [2.05, 4.69) is 15.5 Å². The molecule has 138 valence electrons. The van der Waals surface area contributed by atoms with Gasteiger partial charge in [-0.15, -0.1) is 10.2 Å². The molecule has 0 aliphatic heterocycles. The van der Waals surface area contributed by atoms with Crippen LogP contribution in [-0.4, -0.2) is 34.8 Å². The summed E-state index contributed by atoms with van der Waals surface area (Å²) in [5.41, 5.74) is 0.926. The molecule has 0 atom stereocenters. The van der Waals surface area contributed by atoms with Gasteiger partial charge in [0.25, 0.3) is 5.91 Å².